The Labute approximate surface area is 184 Å². The highest BCUT2D eigenvalue weighted by Crippen LogP contribution is 2.30. The molecule has 1 fully saturated rings. The number of hydrogen-bond acceptors (Lipinski definition) is 6. The fourth-order valence-electron chi connectivity index (χ4n) is 3.82. The van der Waals surface area contributed by atoms with Crippen LogP contribution in [0.25, 0.3) is 0 Å². The number of ether oxygens (including phenoxy) is 1. The van der Waals surface area contributed by atoms with Crippen LogP contribution in [0.5, 0.6) is 5.75 Å². The van der Waals surface area contributed by atoms with Gasteiger partial charge in [0.05, 0.1) is 12.7 Å². The Hall–Kier alpha value is -2.34. The molecule has 0 N–H and O–H groups in total. The van der Waals surface area contributed by atoms with Crippen LogP contribution < -0.4 is 14.5 Å². The zero-order valence-electron chi connectivity index (χ0n) is 18.3. The molecule has 1 saturated heterocycles. The monoisotopic (exact) mass is 430 g/mol. The highest BCUT2D eigenvalue weighted by atomic mass is 35.5. The summed E-state index contributed by atoms with van der Waals surface area (Å²) in [7, 11) is 1.99. The molecule has 0 bridgehead atoms. The molecule has 1 aliphatic heterocycles. The number of rotatable bonds is 9. The predicted molar refractivity (Wildman–Crippen MR) is 122 cm³/mol. The van der Waals surface area contributed by atoms with Gasteiger partial charge in [0.2, 0.25) is 5.95 Å². The first-order valence-corrected chi connectivity index (χ1v) is 11.0. The van der Waals surface area contributed by atoms with Crippen molar-refractivity contribution in [2.75, 3.05) is 36.5 Å². The van der Waals surface area contributed by atoms with Crippen molar-refractivity contribution in [1.82, 2.24) is 9.97 Å². The van der Waals surface area contributed by atoms with Crippen LogP contribution in [0, 0.1) is 0 Å². The van der Waals surface area contributed by atoms with Gasteiger partial charge >= 0.3 is 0 Å². The molecule has 0 spiro atoms. The van der Waals surface area contributed by atoms with Gasteiger partial charge in [-0.1, -0.05) is 37.6 Å². The first-order chi connectivity index (χ1) is 14.4. The predicted octanol–water partition coefficient (Wildman–Crippen LogP) is 4.72. The summed E-state index contributed by atoms with van der Waals surface area (Å²) >= 11 is 6.40. The van der Waals surface area contributed by atoms with E-state index in [4.69, 9.17) is 21.3 Å². The second kappa shape index (κ2) is 10.1. The summed E-state index contributed by atoms with van der Waals surface area (Å²) in [6, 6.07) is 8.08. The minimum Gasteiger partial charge on any atom is -0.489 e. The number of carbonyl (C=O) groups excluding carboxylic acids is 1. The van der Waals surface area contributed by atoms with Crippen LogP contribution in [0.4, 0.5) is 11.8 Å². The van der Waals surface area contributed by atoms with Gasteiger partial charge in [-0.15, -0.1) is 0 Å². The molecule has 162 valence electrons. The van der Waals surface area contributed by atoms with E-state index in [1.54, 1.807) is 13.1 Å². The van der Waals surface area contributed by atoms with Crippen LogP contribution >= 0.6 is 11.6 Å². The van der Waals surface area contributed by atoms with Gasteiger partial charge in [0.15, 0.2) is 5.82 Å². The lowest BCUT2D eigenvalue weighted by molar-refractivity contribution is -0.117. The van der Waals surface area contributed by atoms with Gasteiger partial charge in [-0.3, -0.25) is 0 Å². The van der Waals surface area contributed by atoms with Crippen LogP contribution in [-0.4, -0.2) is 48.5 Å². The van der Waals surface area contributed by atoms with Crippen molar-refractivity contribution in [3.63, 3.8) is 0 Å². The van der Waals surface area contributed by atoms with E-state index >= 15 is 0 Å². The molecular formula is C23H31ClN4O2. The summed E-state index contributed by atoms with van der Waals surface area (Å²) in [5.41, 5.74) is 1.15. The summed E-state index contributed by atoms with van der Waals surface area (Å²) in [6.45, 7) is 8.31. The Bertz CT molecular complexity index is 859. The third-order valence-corrected chi connectivity index (χ3v) is 5.67. The molecule has 1 aliphatic rings. The fraction of sp³-hybridized carbons (Fsp3) is 0.522. The van der Waals surface area contributed by atoms with E-state index in [1.165, 1.54) is 0 Å². The minimum absolute atomic E-state index is 0.0772. The van der Waals surface area contributed by atoms with Gasteiger partial charge in [0.1, 0.15) is 22.7 Å². The maximum atomic E-state index is 11.3. The molecule has 2 aromatic rings. The molecule has 2 heterocycles. The van der Waals surface area contributed by atoms with E-state index in [0.717, 1.165) is 49.6 Å². The zero-order chi connectivity index (χ0) is 21.7. The zero-order valence-corrected chi connectivity index (χ0v) is 19.0. The van der Waals surface area contributed by atoms with Gasteiger partial charge in [-0.2, -0.15) is 4.98 Å². The van der Waals surface area contributed by atoms with E-state index in [-0.39, 0.29) is 17.8 Å². The van der Waals surface area contributed by atoms with Crippen molar-refractivity contribution in [3.05, 3.63) is 41.0 Å². The Morgan fingerprint density at radius 1 is 1.37 bits per heavy atom. The van der Waals surface area contributed by atoms with Crippen LogP contribution in [0.3, 0.4) is 0 Å². The highest BCUT2D eigenvalue weighted by molar-refractivity contribution is 6.32. The number of carbonyl (C=O) groups is 1. The van der Waals surface area contributed by atoms with Crippen molar-refractivity contribution in [3.8, 4) is 5.75 Å². The van der Waals surface area contributed by atoms with Gasteiger partial charge in [0, 0.05) is 33.0 Å². The lowest BCUT2D eigenvalue weighted by Crippen LogP contribution is -2.27. The molecule has 1 aromatic heterocycles. The lowest BCUT2D eigenvalue weighted by atomic mass is 9.96. The van der Waals surface area contributed by atoms with Gasteiger partial charge < -0.3 is 19.3 Å². The maximum absolute atomic E-state index is 11.3. The topological polar surface area (TPSA) is 58.6 Å². The number of aromatic nitrogens is 2. The van der Waals surface area contributed by atoms with Crippen molar-refractivity contribution >= 4 is 29.2 Å². The largest absolute Gasteiger partial charge is 0.489 e. The van der Waals surface area contributed by atoms with E-state index in [2.05, 4.69) is 23.7 Å². The number of halogens is 1. The lowest BCUT2D eigenvalue weighted by Gasteiger charge is -2.22. The summed E-state index contributed by atoms with van der Waals surface area (Å²) in [4.78, 5) is 24.6. The molecule has 7 heteroatoms. The number of Topliss-reactive ketones (excluding diaryl/α,β-unsaturated/α-hetero) is 1. The van der Waals surface area contributed by atoms with E-state index < -0.39 is 0 Å². The van der Waals surface area contributed by atoms with E-state index in [1.807, 2.05) is 36.2 Å². The molecule has 2 atom stereocenters. The number of hydrogen-bond donors (Lipinski definition) is 0. The van der Waals surface area contributed by atoms with Crippen LogP contribution in [0.1, 0.15) is 51.5 Å². The Kier molecular flexibility index (Phi) is 7.53. The molecule has 3 rings (SSSR count). The molecule has 30 heavy (non-hydrogen) atoms. The van der Waals surface area contributed by atoms with Gasteiger partial charge in [-0.25, -0.2) is 4.98 Å². The minimum atomic E-state index is 0.0772. The number of benzene rings is 1. The van der Waals surface area contributed by atoms with E-state index in [9.17, 15) is 4.79 Å². The maximum Gasteiger partial charge on any atom is 0.227 e. The summed E-state index contributed by atoms with van der Waals surface area (Å²) in [6.07, 6.45) is 4.26. The molecule has 1 aromatic carbocycles. The van der Waals surface area contributed by atoms with Crippen molar-refractivity contribution in [2.24, 2.45) is 0 Å². The Morgan fingerprint density at radius 2 is 2.10 bits per heavy atom. The van der Waals surface area contributed by atoms with Crippen molar-refractivity contribution in [2.45, 2.75) is 52.1 Å². The average molecular weight is 431 g/mol. The normalized spacial score (nSPS) is 17.1. The van der Waals surface area contributed by atoms with Crippen LogP contribution in [0.2, 0.25) is 5.02 Å². The van der Waals surface area contributed by atoms with Crippen molar-refractivity contribution < 1.29 is 9.53 Å². The molecule has 6 nitrogen and oxygen atoms in total. The number of nitrogens with zero attached hydrogens (tertiary/aromatic N) is 4. The SMILES string of the molecule is CCCN(C)c1ncc(Cl)c(N2CC[C@@H](Oc3ccc([C@H](C)CC(C)=O)cc3)C2)n1. The Balaban J connectivity index is 1.62. The molecular weight excluding hydrogens is 400 g/mol. The third-order valence-electron chi connectivity index (χ3n) is 5.40. The average Bonchev–Trinajstić information content (AvgIpc) is 3.16. The summed E-state index contributed by atoms with van der Waals surface area (Å²) < 4.78 is 6.19. The first-order valence-electron chi connectivity index (χ1n) is 10.6. The molecule has 0 unspecified atom stereocenters. The van der Waals surface area contributed by atoms with Gasteiger partial charge in [-0.05, 0) is 37.0 Å². The standard InChI is InChI=1S/C23H31ClN4O2/c1-5-11-27(4)23-25-14-21(24)22(26-23)28-12-10-20(15-28)30-19-8-6-18(7-9-19)16(2)13-17(3)29/h6-9,14,16,20H,5,10-13,15H2,1-4H3/t16-,20-/m1/s1. The second-order valence-electron chi connectivity index (χ2n) is 8.11. The van der Waals surface area contributed by atoms with Crippen LogP contribution in [-0.2, 0) is 4.79 Å². The van der Waals surface area contributed by atoms with E-state index in [0.29, 0.717) is 17.4 Å². The van der Waals surface area contributed by atoms with Crippen molar-refractivity contribution in [1.29, 1.82) is 0 Å². The highest BCUT2D eigenvalue weighted by Gasteiger charge is 2.27. The van der Waals surface area contributed by atoms with Gasteiger partial charge in [0.25, 0.3) is 0 Å². The molecule has 0 aliphatic carbocycles. The smallest absolute Gasteiger partial charge is 0.227 e. The Morgan fingerprint density at radius 3 is 2.77 bits per heavy atom. The number of ketones is 1. The number of anilines is 2. The fourth-order valence-corrected chi connectivity index (χ4v) is 4.03. The molecule has 0 saturated carbocycles. The first kappa shape index (κ1) is 22.3. The van der Waals surface area contributed by atoms with Crippen LogP contribution in [0.15, 0.2) is 30.5 Å². The third kappa shape index (κ3) is 5.63. The molecule has 0 radical (unpaired) electrons. The molecule has 0 amide bonds. The quantitative estimate of drug-likeness (QED) is 0.573. The summed E-state index contributed by atoms with van der Waals surface area (Å²) in [5, 5.41) is 0.563. The summed E-state index contributed by atoms with van der Waals surface area (Å²) in [5.74, 6) is 2.73. The second-order valence-corrected chi connectivity index (χ2v) is 8.52.